The van der Waals surface area contributed by atoms with Gasteiger partial charge in [0.25, 0.3) is 0 Å². The Morgan fingerprint density at radius 3 is 2.70 bits per heavy atom. The number of ether oxygens (including phenoxy) is 2. The van der Waals surface area contributed by atoms with E-state index >= 15 is 0 Å². The average Bonchev–Trinajstić information content (AvgIpc) is 3.27. The molecule has 1 atom stereocenters. The van der Waals surface area contributed by atoms with Gasteiger partial charge in [0.2, 0.25) is 5.91 Å². The number of guanidine groups is 1. The third-order valence-corrected chi connectivity index (χ3v) is 5.43. The number of amides is 1. The Hall–Kier alpha value is -1.75. The van der Waals surface area contributed by atoms with Crippen LogP contribution in [0.2, 0.25) is 0 Å². The van der Waals surface area contributed by atoms with Crippen LogP contribution in [-0.2, 0) is 9.53 Å². The lowest BCUT2D eigenvalue weighted by Crippen LogP contribution is -2.53. The van der Waals surface area contributed by atoms with Crippen LogP contribution in [0.1, 0.15) is 6.42 Å². The van der Waals surface area contributed by atoms with Crippen molar-refractivity contribution in [3.05, 3.63) is 24.3 Å². The zero-order chi connectivity index (χ0) is 20.6. The minimum absolute atomic E-state index is 0. The number of aliphatic imine (C=N–C) groups is 1. The van der Waals surface area contributed by atoms with Crippen molar-refractivity contribution < 1.29 is 14.3 Å². The Morgan fingerprint density at radius 1 is 1.30 bits per heavy atom. The zero-order valence-electron chi connectivity index (χ0n) is 18.2. The number of hydrogen-bond acceptors (Lipinski definition) is 5. The maximum atomic E-state index is 12.0. The van der Waals surface area contributed by atoms with Crippen LogP contribution in [0.3, 0.4) is 0 Å². The molecule has 0 spiro atoms. The molecule has 1 aromatic carbocycles. The summed E-state index contributed by atoms with van der Waals surface area (Å²) in [5, 5.41) is 3.49. The SMILES string of the molecule is COc1cccc(N2CCN(C(=NCC(=O)N(C)C)NCC3CCOC3)CC2)c1.I. The predicted octanol–water partition coefficient (Wildman–Crippen LogP) is 1.51. The highest BCUT2D eigenvalue weighted by Gasteiger charge is 2.22. The standard InChI is InChI=1S/C21H33N5O3.HI/c1-24(2)20(27)15-23-21(22-14-17-7-12-29-16-17)26-10-8-25(9-11-26)18-5-4-6-19(13-18)28-3;/h4-6,13,17H,7-12,14-16H2,1-3H3,(H,22,23);1H. The van der Waals surface area contributed by atoms with E-state index in [1.807, 2.05) is 12.1 Å². The highest BCUT2D eigenvalue weighted by Crippen LogP contribution is 2.22. The van der Waals surface area contributed by atoms with E-state index in [0.717, 1.165) is 64.1 Å². The molecule has 1 N–H and O–H groups in total. The number of nitrogens with one attached hydrogen (secondary N) is 1. The van der Waals surface area contributed by atoms with Gasteiger partial charge in [0, 0.05) is 71.1 Å². The highest BCUT2D eigenvalue weighted by molar-refractivity contribution is 14.0. The molecule has 1 amide bonds. The summed E-state index contributed by atoms with van der Waals surface area (Å²) < 4.78 is 10.8. The molecule has 9 heteroatoms. The van der Waals surface area contributed by atoms with E-state index in [-0.39, 0.29) is 36.4 Å². The van der Waals surface area contributed by atoms with E-state index in [1.165, 1.54) is 5.69 Å². The lowest BCUT2D eigenvalue weighted by molar-refractivity contribution is -0.127. The Kier molecular flexibility index (Phi) is 9.96. The molecule has 2 heterocycles. The summed E-state index contributed by atoms with van der Waals surface area (Å²) in [7, 11) is 5.21. The third kappa shape index (κ3) is 6.90. The number of likely N-dealkylation sites (N-methyl/N-ethyl adjacent to an activating group) is 1. The Morgan fingerprint density at radius 2 is 2.07 bits per heavy atom. The van der Waals surface area contributed by atoms with Gasteiger partial charge in [-0.3, -0.25) is 4.79 Å². The quantitative estimate of drug-likeness (QED) is 0.341. The van der Waals surface area contributed by atoms with Gasteiger partial charge >= 0.3 is 0 Å². The average molecular weight is 531 g/mol. The van der Waals surface area contributed by atoms with Crippen molar-refractivity contribution in [3.63, 3.8) is 0 Å². The van der Waals surface area contributed by atoms with Gasteiger partial charge < -0.3 is 29.5 Å². The Labute approximate surface area is 196 Å². The second-order valence-electron chi connectivity index (χ2n) is 7.71. The van der Waals surface area contributed by atoms with Crippen LogP contribution in [0, 0.1) is 5.92 Å². The molecule has 1 aromatic rings. The molecule has 2 saturated heterocycles. The first-order chi connectivity index (χ1) is 14.1. The largest absolute Gasteiger partial charge is 0.497 e. The summed E-state index contributed by atoms with van der Waals surface area (Å²) in [5.41, 5.74) is 1.17. The first-order valence-corrected chi connectivity index (χ1v) is 10.3. The van der Waals surface area contributed by atoms with Crippen LogP contribution in [0.15, 0.2) is 29.3 Å². The molecule has 3 rings (SSSR count). The number of anilines is 1. The van der Waals surface area contributed by atoms with Gasteiger partial charge in [0.05, 0.1) is 13.7 Å². The molecule has 168 valence electrons. The monoisotopic (exact) mass is 531 g/mol. The van der Waals surface area contributed by atoms with Gasteiger partial charge in [-0.2, -0.15) is 0 Å². The van der Waals surface area contributed by atoms with E-state index in [0.29, 0.717) is 5.92 Å². The number of rotatable bonds is 6. The Balaban J connectivity index is 0.00000320. The lowest BCUT2D eigenvalue weighted by atomic mass is 10.1. The number of nitrogens with zero attached hydrogens (tertiary/aromatic N) is 4. The van der Waals surface area contributed by atoms with E-state index in [9.17, 15) is 4.79 Å². The van der Waals surface area contributed by atoms with Gasteiger partial charge in [0.15, 0.2) is 5.96 Å². The highest BCUT2D eigenvalue weighted by atomic mass is 127. The topological polar surface area (TPSA) is 69.6 Å². The van der Waals surface area contributed by atoms with Crippen LogP contribution in [0.4, 0.5) is 5.69 Å². The van der Waals surface area contributed by atoms with Crippen LogP contribution in [0.5, 0.6) is 5.75 Å². The molecule has 30 heavy (non-hydrogen) atoms. The predicted molar refractivity (Wildman–Crippen MR) is 130 cm³/mol. The number of benzene rings is 1. The molecule has 0 aromatic heterocycles. The first kappa shape index (κ1) is 24.5. The van der Waals surface area contributed by atoms with Crippen molar-refractivity contribution in [2.75, 3.05) is 78.6 Å². The van der Waals surface area contributed by atoms with Gasteiger partial charge in [-0.25, -0.2) is 4.99 Å². The van der Waals surface area contributed by atoms with E-state index in [4.69, 9.17) is 9.47 Å². The molecule has 8 nitrogen and oxygen atoms in total. The van der Waals surface area contributed by atoms with Crippen molar-refractivity contribution in [1.29, 1.82) is 0 Å². The Bertz CT molecular complexity index is 702. The molecule has 0 radical (unpaired) electrons. The van der Waals surface area contributed by atoms with E-state index in [2.05, 4.69) is 32.2 Å². The van der Waals surface area contributed by atoms with Crippen molar-refractivity contribution >= 4 is 41.5 Å². The van der Waals surface area contributed by atoms with Gasteiger partial charge in [-0.05, 0) is 18.6 Å². The molecular formula is C21H34IN5O3. The van der Waals surface area contributed by atoms with E-state index in [1.54, 1.807) is 26.1 Å². The fourth-order valence-corrected chi connectivity index (χ4v) is 3.52. The number of carbonyl (C=O) groups is 1. The maximum absolute atomic E-state index is 12.0. The first-order valence-electron chi connectivity index (χ1n) is 10.3. The van der Waals surface area contributed by atoms with Crippen LogP contribution < -0.4 is 15.0 Å². The molecular weight excluding hydrogens is 497 g/mol. The summed E-state index contributed by atoms with van der Waals surface area (Å²) in [6, 6.07) is 8.16. The van der Waals surface area contributed by atoms with Gasteiger partial charge in [0.1, 0.15) is 12.3 Å². The molecule has 0 aliphatic carbocycles. The molecule has 0 bridgehead atoms. The summed E-state index contributed by atoms with van der Waals surface area (Å²) in [5.74, 6) is 2.19. The number of carbonyl (C=O) groups excluding carboxylic acids is 1. The number of piperazine rings is 1. The fraction of sp³-hybridized carbons (Fsp3) is 0.619. The third-order valence-electron chi connectivity index (χ3n) is 5.43. The van der Waals surface area contributed by atoms with Crippen LogP contribution in [-0.4, -0.2) is 95.4 Å². The molecule has 2 aliphatic heterocycles. The molecule has 2 aliphatic rings. The smallest absolute Gasteiger partial charge is 0.243 e. The van der Waals surface area contributed by atoms with Crippen molar-refractivity contribution in [3.8, 4) is 5.75 Å². The van der Waals surface area contributed by atoms with Crippen molar-refractivity contribution in [2.24, 2.45) is 10.9 Å². The van der Waals surface area contributed by atoms with Gasteiger partial charge in [-0.15, -0.1) is 24.0 Å². The second kappa shape index (κ2) is 12.2. The van der Waals surface area contributed by atoms with Crippen molar-refractivity contribution in [2.45, 2.75) is 6.42 Å². The van der Waals surface area contributed by atoms with Gasteiger partial charge in [-0.1, -0.05) is 6.07 Å². The van der Waals surface area contributed by atoms with E-state index < -0.39 is 0 Å². The number of halogens is 1. The summed E-state index contributed by atoms with van der Waals surface area (Å²) in [4.78, 5) is 22.8. The minimum atomic E-state index is 0. The van der Waals surface area contributed by atoms with Crippen LogP contribution in [0.25, 0.3) is 0 Å². The zero-order valence-corrected chi connectivity index (χ0v) is 20.5. The lowest BCUT2D eigenvalue weighted by Gasteiger charge is -2.38. The number of methoxy groups -OCH3 is 1. The molecule has 0 saturated carbocycles. The van der Waals surface area contributed by atoms with Crippen LogP contribution >= 0.6 is 24.0 Å². The second-order valence-corrected chi connectivity index (χ2v) is 7.71. The molecule has 1 unspecified atom stereocenters. The van der Waals surface area contributed by atoms with Crippen molar-refractivity contribution in [1.82, 2.24) is 15.1 Å². The minimum Gasteiger partial charge on any atom is -0.497 e. The summed E-state index contributed by atoms with van der Waals surface area (Å²) in [6.45, 7) is 6.08. The fourth-order valence-electron chi connectivity index (χ4n) is 3.52. The summed E-state index contributed by atoms with van der Waals surface area (Å²) >= 11 is 0. The maximum Gasteiger partial charge on any atom is 0.243 e. The summed E-state index contributed by atoms with van der Waals surface area (Å²) in [6.07, 6.45) is 1.07. The molecule has 2 fully saturated rings. The normalized spacial score (nSPS) is 19.3. The number of hydrogen-bond donors (Lipinski definition) is 1.